The molecule has 0 N–H and O–H groups in total. The molecule has 10 aromatic rings. The van der Waals surface area contributed by atoms with Gasteiger partial charge in [0.2, 0.25) is 5.95 Å². The van der Waals surface area contributed by atoms with Crippen molar-refractivity contribution in [2.24, 2.45) is 0 Å². The number of aromatic nitrogens is 5. The van der Waals surface area contributed by atoms with Gasteiger partial charge in [-0.2, -0.15) is 9.97 Å². The lowest BCUT2D eigenvalue weighted by Gasteiger charge is -2.11. The number of thiazole rings is 1. The minimum absolute atomic E-state index is 0.0163. The smallest absolute Gasteiger partial charge is 0.238 e. The Kier molecular flexibility index (Phi) is 3.33. The second kappa shape index (κ2) is 10.2. The zero-order chi connectivity index (χ0) is 44.0. The maximum atomic E-state index is 9.40. The van der Waals surface area contributed by atoms with Crippen molar-refractivity contribution in [1.82, 2.24) is 24.5 Å². The van der Waals surface area contributed by atoms with Crippen molar-refractivity contribution in [3.05, 3.63) is 139 Å². The van der Waals surface area contributed by atoms with Gasteiger partial charge in [-0.15, -0.1) is 11.3 Å². The maximum Gasteiger partial charge on any atom is 0.238 e. The molecule has 4 aromatic heterocycles. The predicted molar refractivity (Wildman–Crippen MR) is 191 cm³/mol. The van der Waals surface area contributed by atoms with Crippen LogP contribution in [-0.4, -0.2) is 24.5 Å². The highest BCUT2D eigenvalue weighted by Gasteiger charge is 2.20. The SMILES string of the molecule is [2H]c1c([2H])c([2H])c(-c2nc3c(-c4nc(-c5c([2H])c([2H])c6c(oc7c([2H])c([2H])c([2H])c([2H])c76)c5[2H])nc(-n5c6ccccc6c6ccccc65)n4)c([2H])c([2H])c([2H])c3s2)c([2H])c1[2H]. The Morgan fingerprint density at radius 3 is 2.13 bits per heavy atom. The third-order valence-electron chi connectivity index (χ3n) is 7.68. The topological polar surface area (TPSA) is 69.6 Å². The van der Waals surface area contributed by atoms with Crippen LogP contribution in [0.2, 0.25) is 0 Å². The molecule has 6 aromatic carbocycles. The van der Waals surface area contributed by atoms with Gasteiger partial charge in [0.05, 0.1) is 41.8 Å². The van der Waals surface area contributed by atoms with E-state index in [1.54, 1.807) is 16.7 Å². The fraction of sp³-hybridized carbons (Fsp3) is 0. The van der Waals surface area contributed by atoms with E-state index < -0.39 is 90.6 Å². The van der Waals surface area contributed by atoms with Gasteiger partial charge in [0.25, 0.3) is 0 Å². The van der Waals surface area contributed by atoms with Crippen LogP contribution in [0.25, 0.3) is 93.3 Å². The van der Waals surface area contributed by atoms with Gasteiger partial charge in [-0.25, -0.2) is 9.97 Å². The third kappa shape index (κ3) is 4.10. The first kappa shape index (κ1) is 15.4. The number of para-hydroxylation sites is 4. The molecule has 0 bridgehead atoms. The minimum Gasteiger partial charge on any atom is -0.456 e. The van der Waals surface area contributed by atoms with Crippen LogP contribution in [0.5, 0.6) is 0 Å². The van der Waals surface area contributed by atoms with Crippen LogP contribution in [0, 0.1) is 0 Å². The number of hydrogen-bond acceptors (Lipinski definition) is 6. The average Bonchev–Trinajstić information content (AvgIpc) is 3.98. The standard InChI is InChI=1S/C40H23N5OS/c1-2-11-24(12-3-1)39-41-36-30(16-10-20-35(36)47-39)38-42-37(25-21-22-29-28-15-6-9-19-33(28)46-34(29)23-25)43-40(44-38)45-31-17-7-4-13-26(31)27-14-5-8-18-32(27)45/h1-23H/i1D,2D,3D,6D,9D,10D,11D,12D,15D,16D,19D,20D,21D,22D,23D. The highest BCUT2D eigenvalue weighted by atomic mass is 32.1. The molecule has 6 nitrogen and oxygen atoms in total. The van der Waals surface area contributed by atoms with Crippen molar-refractivity contribution >= 4 is 65.3 Å². The molecule has 47 heavy (non-hydrogen) atoms. The summed E-state index contributed by atoms with van der Waals surface area (Å²) in [5.41, 5.74) is -0.325. The molecule has 0 atom stereocenters. The molecule has 0 aliphatic heterocycles. The summed E-state index contributed by atoms with van der Waals surface area (Å²) in [7, 11) is 0. The second-order valence-corrected chi connectivity index (χ2v) is 11.4. The van der Waals surface area contributed by atoms with E-state index in [-0.39, 0.29) is 71.5 Å². The fourth-order valence-electron chi connectivity index (χ4n) is 5.65. The number of rotatable bonds is 4. The minimum atomic E-state index is -0.620. The van der Waals surface area contributed by atoms with Crippen LogP contribution in [0.4, 0.5) is 0 Å². The monoisotopic (exact) mass is 636 g/mol. The number of benzene rings is 6. The summed E-state index contributed by atoms with van der Waals surface area (Å²) in [6, 6.07) is 6.35. The first-order valence-electron chi connectivity index (χ1n) is 21.7. The Morgan fingerprint density at radius 1 is 0.574 bits per heavy atom. The third-order valence-corrected chi connectivity index (χ3v) is 8.67. The number of furan rings is 1. The quantitative estimate of drug-likeness (QED) is 0.192. The van der Waals surface area contributed by atoms with Crippen LogP contribution < -0.4 is 0 Å². The van der Waals surface area contributed by atoms with Crippen LogP contribution >= 0.6 is 11.3 Å². The van der Waals surface area contributed by atoms with Crippen molar-refractivity contribution in [2.75, 3.05) is 0 Å². The Morgan fingerprint density at radius 2 is 1.30 bits per heavy atom. The largest absolute Gasteiger partial charge is 0.456 e. The fourth-order valence-corrected chi connectivity index (χ4v) is 6.53. The van der Waals surface area contributed by atoms with Gasteiger partial charge in [-0.3, -0.25) is 4.57 Å². The molecule has 220 valence electrons. The number of hydrogen-bond donors (Lipinski definition) is 0. The van der Waals surface area contributed by atoms with E-state index in [0.29, 0.717) is 11.0 Å². The van der Waals surface area contributed by atoms with Gasteiger partial charge >= 0.3 is 0 Å². The van der Waals surface area contributed by atoms with Gasteiger partial charge in [-0.05, 0) is 42.3 Å². The van der Waals surface area contributed by atoms with Crippen LogP contribution in [0.15, 0.2) is 144 Å². The number of nitrogens with zero attached hydrogens (tertiary/aromatic N) is 5. The molecule has 0 aliphatic carbocycles. The molecule has 7 heteroatoms. The first-order valence-corrected chi connectivity index (χ1v) is 15.0. The normalized spacial score (nSPS) is 16.3. The lowest BCUT2D eigenvalue weighted by molar-refractivity contribution is 0.669. The summed E-state index contributed by atoms with van der Waals surface area (Å²) < 4.78 is 138. The molecule has 0 fully saturated rings. The lowest BCUT2D eigenvalue weighted by Crippen LogP contribution is -2.06. The number of fused-ring (bicyclic) bond motifs is 7. The van der Waals surface area contributed by atoms with E-state index in [1.165, 1.54) is 0 Å². The summed E-state index contributed by atoms with van der Waals surface area (Å²) in [6.45, 7) is 0. The summed E-state index contributed by atoms with van der Waals surface area (Å²) in [5.74, 6) is -0.776. The summed E-state index contributed by atoms with van der Waals surface area (Å²) in [5, 5.41) is 1.16. The van der Waals surface area contributed by atoms with E-state index in [9.17, 15) is 4.11 Å². The molecule has 10 rings (SSSR count). The molecule has 0 unspecified atom stereocenters. The van der Waals surface area contributed by atoms with E-state index in [2.05, 4.69) is 9.97 Å². The maximum absolute atomic E-state index is 9.40. The highest BCUT2D eigenvalue weighted by molar-refractivity contribution is 7.21. The van der Waals surface area contributed by atoms with Gasteiger partial charge in [0.1, 0.15) is 16.2 Å². The molecule has 0 saturated carbocycles. The summed E-state index contributed by atoms with van der Waals surface area (Å²) >= 11 is 0.780. The molecule has 4 heterocycles. The van der Waals surface area contributed by atoms with E-state index in [4.69, 9.17) is 30.8 Å². The second-order valence-electron chi connectivity index (χ2n) is 10.4. The molecule has 0 amide bonds. The van der Waals surface area contributed by atoms with Gasteiger partial charge in [-0.1, -0.05) is 96.8 Å². The van der Waals surface area contributed by atoms with Crippen molar-refractivity contribution in [1.29, 1.82) is 0 Å². The summed E-state index contributed by atoms with van der Waals surface area (Å²) in [4.78, 5) is 18.9. The molecule has 0 saturated heterocycles. The Labute approximate surface area is 293 Å². The van der Waals surface area contributed by atoms with E-state index >= 15 is 0 Å². The van der Waals surface area contributed by atoms with Gasteiger partial charge in [0.15, 0.2) is 11.6 Å². The van der Waals surface area contributed by atoms with Gasteiger partial charge in [0, 0.05) is 38.2 Å². The zero-order valence-corrected chi connectivity index (χ0v) is 24.5. The first-order chi connectivity index (χ1) is 29.5. The Balaban J connectivity index is 1.34. The van der Waals surface area contributed by atoms with Crippen molar-refractivity contribution in [3.8, 4) is 39.3 Å². The molecule has 0 spiro atoms. The van der Waals surface area contributed by atoms with Crippen molar-refractivity contribution in [2.45, 2.75) is 0 Å². The van der Waals surface area contributed by atoms with E-state index in [0.717, 1.165) is 22.1 Å². The predicted octanol–water partition coefficient (Wildman–Crippen LogP) is 10.5. The van der Waals surface area contributed by atoms with Crippen molar-refractivity contribution in [3.63, 3.8) is 0 Å². The zero-order valence-electron chi connectivity index (χ0n) is 38.7. The molecule has 0 aliphatic rings. The molecular formula is C40H23N5OS. The molecular weight excluding hydrogens is 599 g/mol. The summed E-state index contributed by atoms with van der Waals surface area (Å²) in [6.07, 6.45) is 0. The Bertz CT molecular complexity index is 3600. The van der Waals surface area contributed by atoms with E-state index in [1.807, 2.05) is 36.4 Å². The Hall–Kier alpha value is -6.18. The van der Waals surface area contributed by atoms with Crippen molar-refractivity contribution < 1.29 is 25.0 Å². The lowest BCUT2D eigenvalue weighted by atomic mass is 10.1. The van der Waals surface area contributed by atoms with Gasteiger partial charge < -0.3 is 4.42 Å². The average molecular weight is 637 g/mol. The van der Waals surface area contributed by atoms with Crippen LogP contribution in [0.3, 0.4) is 0 Å². The van der Waals surface area contributed by atoms with Crippen LogP contribution in [0.1, 0.15) is 20.6 Å². The molecule has 0 radical (unpaired) electrons. The van der Waals surface area contributed by atoms with Crippen LogP contribution in [-0.2, 0) is 0 Å². The highest BCUT2D eigenvalue weighted by Crippen LogP contribution is 2.37.